The van der Waals surface area contributed by atoms with Gasteiger partial charge in [-0.25, -0.2) is 4.79 Å². The van der Waals surface area contributed by atoms with E-state index >= 15 is 0 Å². The highest BCUT2D eigenvalue weighted by molar-refractivity contribution is 8.00. The van der Waals surface area contributed by atoms with Gasteiger partial charge in [0, 0.05) is 9.77 Å². The van der Waals surface area contributed by atoms with E-state index in [2.05, 4.69) is 5.32 Å². The number of amides is 1. The molecule has 1 amide bonds. The van der Waals surface area contributed by atoms with Crippen LogP contribution in [0.1, 0.15) is 38.0 Å². The van der Waals surface area contributed by atoms with Crippen molar-refractivity contribution in [2.24, 2.45) is 0 Å². The zero-order valence-corrected chi connectivity index (χ0v) is 17.6. The number of hydrogen-bond acceptors (Lipinski definition) is 5. The second-order valence-corrected chi connectivity index (χ2v) is 9.05. The number of anilines is 1. The average Bonchev–Trinajstić information content (AvgIpc) is 3.33. The first kappa shape index (κ1) is 19.7. The number of fused-ring (bicyclic) bond motifs is 1. The Kier molecular flexibility index (Phi) is 6.02. The number of nitrogens with one attached hydrogen (secondary N) is 1. The predicted octanol–water partition coefficient (Wildman–Crippen LogP) is 5.50. The van der Waals surface area contributed by atoms with Crippen LogP contribution in [0.25, 0.3) is 0 Å². The molecule has 1 heterocycles. The standard InChI is InChI=1S/C23H21NO3S2/c1-27-23(26)19-17-13-8-14-18(17)29-22(19)24-21(25)20(15-9-4-2-5-10-15)28-16-11-6-3-7-12-16/h2-7,9-12,20H,8,13-14H2,1H3,(H,24,25). The normalized spacial score (nSPS) is 13.6. The van der Waals surface area contributed by atoms with Crippen molar-refractivity contribution in [2.75, 3.05) is 12.4 Å². The van der Waals surface area contributed by atoms with Crippen LogP contribution >= 0.6 is 23.1 Å². The van der Waals surface area contributed by atoms with Gasteiger partial charge >= 0.3 is 5.97 Å². The van der Waals surface area contributed by atoms with Gasteiger partial charge in [-0.2, -0.15) is 0 Å². The van der Waals surface area contributed by atoms with Gasteiger partial charge in [0.2, 0.25) is 5.91 Å². The summed E-state index contributed by atoms with van der Waals surface area (Å²) in [5.74, 6) is -0.526. The number of carbonyl (C=O) groups is 2. The fourth-order valence-electron chi connectivity index (χ4n) is 3.52. The SMILES string of the molecule is COC(=O)c1c(NC(=O)C(Sc2ccccc2)c2ccccc2)sc2c1CCC2. The van der Waals surface area contributed by atoms with Crippen LogP contribution in [-0.2, 0) is 22.4 Å². The van der Waals surface area contributed by atoms with Crippen LogP contribution in [0.4, 0.5) is 5.00 Å². The highest BCUT2D eigenvalue weighted by Crippen LogP contribution is 2.41. The van der Waals surface area contributed by atoms with E-state index in [1.807, 2.05) is 60.7 Å². The second-order valence-electron chi connectivity index (χ2n) is 6.76. The van der Waals surface area contributed by atoms with E-state index in [9.17, 15) is 9.59 Å². The summed E-state index contributed by atoms with van der Waals surface area (Å²) in [6.07, 6.45) is 2.84. The van der Waals surface area contributed by atoms with E-state index < -0.39 is 5.25 Å². The minimum Gasteiger partial charge on any atom is -0.465 e. The molecule has 1 N–H and O–H groups in total. The minimum absolute atomic E-state index is 0.143. The largest absolute Gasteiger partial charge is 0.465 e. The number of methoxy groups -OCH3 is 1. The Labute approximate surface area is 178 Å². The summed E-state index contributed by atoms with van der Waals surface area (Å²) in [5.41, 5.74) is 2.47. The Balaban J connectivity index is 1.65. The van der Waals surface area contributed by atoms with Crippen molar-refractivity contribution in [1.29, 1.82) is 0 Å². The Morgan fingerprint density at radius 2 is 1.72 bits per heavy atom. The summed E-state index contributed by atoms with van der Waals surface area (Å²) in [5, 5.41) is 3.20. The molecule has 148 valence electrons. The first-order valence-electron chi connectivity index (χ1n) is 9.47. The van der Waals surface area contributed by atoms with E-state index in [-0.39, 0.29) is 11.9 Å². The molecule has 1 atom stereocenters. The van der Waals surface area contributed by atoms with E-state index in [0.717, 1.165) is 35.3 Å². The Hall–Kier alpha value is -2.57. The van der Waals surface area contributed by atoms with Gasteiger partial charge in [-0.15, -0.1) is 23.1 Å². The monoisotopic (exact) mass is 423 g/mol. The molecule has 0 fully saturated rings. The second kappa shape index (κ2) is 8.84. The van der Waals surface area contributed by atoms with E-state index in [1.54, 1.807) is 0 Å². The lowest BCUT2D eigenvalue weighted by atomic mass is 10.1. The number of benzene rings is 2. The van der Waals surface area contributed by atoms with Gasteiger partial charge in [0.1, 0.15) is 10.3 Å². The molecule has 1 unspecified atom stereocenters. The Morgan fingerprint density at radius 1 is 1.03 bits per heavy atom. The molecule has 29 heavy (non-hydrogen) atoms. The number of aryl methyl sites for hydroxylation is 1. The number of hydrogen-bond donors (Lipinski definition) is 1. The van der Waals surface area contributed by atoms with Crippen LogP contribution < -0.4 is 5.32 Å². The van der Waals surface area contributed by atoms with Crippen molar-refractivity contribution >= 4 is 40.0 Å². The number of ether oxygens (including phenoxy) is 1. The first-order chi connectivity index (χ1) is 14.2. The molecule has 0 radical (unpaired) electrons. The van der Waals surface area contributed by atoms with Crippen molar-refractivity contribution in [1.82, 2.24) is 0 Å². The molecular formula is C23H21NO3S2. The van der Waals surface area contributed by atoms with Crippen LogP contribution in [0.2, 0.25) is 0 Å². The molecule has 4 nitrogen and oxygen atoms in total. The summed E-state index contributed by atoms with van der Waals surface area (Å²) in [7, 11) is 1.38. The summed E-state index contributed by atoms with van der Waals surface area (Å²) in [6, 6.07) is 19.6. The van der Waals surface area contributed by atoms with Crippen molar-refractivity contribution in [3.8, 4) is 0 Å². The molecule has 6 heteroatoms. The van der Waals surface area contributed by atoms with Gasteiger partial charge in [-0.3, -0.25) is 4.79 Å². The maximum atomic E-state index is 13.3. The number of thiophene rings is 1. The molecular weight excluding hydrogens is 402 g/mol. The number of esters is 1. The zero-order valence-electron chi connectivity index (χ0n) is 16.0. The van der Waals surface area contributed by atoms with E-state index in [4.69, 9.17) is 4.74 Å². The molecule has 1 aliphatic carbocycles. The molecule has 0 saturated carbocycles. The van der Waals surface area contributed by atoms with Crippen LogP contribution in [0, 0.1) is 0 Å². The highest BCUT2D eigenvalue weighted by atomic mass is 32.2. The Morgan fingerprint density at radius 3 is 2.41 bits per heavy atom. The van der Waals surface area contributed by atoms with E-state index in [1.165, 1.54) is 35.1 Å². The quantitative estimate of drug-likeness (QED) is 0.420. The molecule has 0 spiro atoms. The number of carbonyl (C=O) groups excluding carboxylic acids is 2. The third-order valence-electron chi connectivity index (χ3n) is 4.89. The smallest absolute Gasteiger partial charge is 0.341 e. The molecule has 2 aromatic carbocycles. The van der Waals surface area contributed by atoms with Crippen LogP contribution in [0.5, 0.6) is 0 Å². The maximum Gasteiger partial charge on any atom is 0.341 e. The highest BCUT2D eigenvalue weighted by Gasteiger charge is 2.30. The van der Waals surface area contributed by atoms with Crippen molar-refractivity contribution < 1.29 is 14.3 Å². The molecule has 1 aromatic heterocycles. The van der Waals surface area contributed by atoms with Gasteiger partial charge in [-0.1, -0.05) is 48.5 Å². The Bertz CT molecular complexity index is 1020. The van der Waals surface area contributed by atoms with Crippen molar-refractivity contribution in [2.45, 2.75) is 29.4 Å². The van der Waals surface area contributed by atoms with Gasteiger partial charge < -0.3 is 10.1 Å². The van der Waals surface area contributed by atoms with Crippen LogP contribution in [0.3, 0.4) is 0 Å². The molecule has 0 aliphatic heterocycles. The fourth-order valence-corrected chi connectivity index (χ4v) is 5.85. The van der Waals surface area contributed by atoms with Crippen LogP contribution in [-0.4, -0.2) is 19.0 Å². The maximum absolute atomic E-state index is 13.3. The summed E-state index contributed by atoms with van der Waals surface area (Å²) in [4.78, 5) is 27.9. The van der Waals surface area contributed by atoms with E-state index in [0.29, 0.717) is 10.6 Å². The van der Waals surface area contributed by atoms with Gasteiger partial charge in [-0.05, 0) is 42.5 Å². The third kappa shape index (κ3) is 4.23. The molecule has 0 saturated heterocycles. The average molecular weight is 424 g/mol. The first-order valence-corrected chi connectivity index (χ1v) is 11.2. The fraction of sp³-hybridized carbons (Fsp3) is 0.217. The van der Waals surface area contributed by atoms with Crippen molar-refractivity contribution in [3.05, 3.63) is 82.2 Å². The predicted molar refractivity (Wildman–Crippen MR) is 118 cm³/mol. The molecule has 3 aromatic rings. The van der Waals surface area contributed by atoms with Gasteiger partial charge in [0.05, 0.1) is 12.7 Å². The lowest BCUT2D eigenvalue weighted by Crippen LogP contribution is -2.20. The number of rotatable bonds is 6. The van der Waals surface area contributed by atoms with Crippen LogP contribution in [0.15, 0.2) is 65.6 Å². The van der Waals surface area contributed by atoms with Crippen molar-refractivity contribution in [3.63, 3.8) is 0 Å². The zero-order chi connectivity index (χ0) is 20.2. The lowest BCUT2D eigenvalue weighted by Gasteiger charge is -2.17. The summed E-state index contributed by atoms with van der Waals surface area (Å²) >= 11 is 2.99. The third-order valence-corrected chi connectivity index (χ3v) is 7.36. The lowest BCUT2D eigenvalue weighted by molar-refractivity contribution is -0.115. The number of thioether (sulfide) groups is 1. The topological polar surface area (TPSA) is 55.4 Å². The molecule has 0 bridgehead atoms. The summed E-state index contributed by atoms with van der Waals surface area (Å²) < 4.78 is 4.99. The van der Waals surface area contributed by atoms with Gasteiger partial charge in [0.15, 0.2) is 0 Å². The molecule has 4 rings (SSSR count). The van der Waals surface area contributed by atoms with Gasteiger partial charge in [0.25, 0.3) is 0 Å². The minimum atomic E-state index is -0.430. The molecule has 1 aliphatic rings. The summed E-state index contributed by atoms with van der Waals surface area (Å²) in [6.45, 7) is 0.